The standard InChI is InChI=1S/C17H25NO/c1-3-17(18)13(2)14-9-11-16(12-10-14)19-15-7-5-4-6-8-15/h3,9-13,15,17H,1,4-8,18H2,2H3. The lowest BCUT2D eigenvalue weighted by Gasteiger charge is -2.23. The van der Waals surface area contributed by atoms with E-state index in [0.29, 0.717) is 12.0 Å². The highest BCUT2D eigenvalue weighted by Gasteiger charge is 2.15. The molecule has 1 saturated carbocycles. The van der Waals surface area contributed by atoms with Gasteiger partial charge < -0.3 is 10.5 Å². The molecule has 2 N–H and O–H groups in total. The highest BCUT2D eigenvalue weighted by atomic mass is 16.5. The number of rotatable bonds is 5. The average molecular weight is 259 g/mol. The van der Waals surface area contributed by atoms with Crippen LogP contribution in [-0.2, 0) is 0 Å². The summed E-state index contributed by atoms with van der Waals surface area (Å²) in [5, 5.41) is 0. The summed E-state index contributed by atoms with van der Waals surface area (Å²) in [6, 6.07) is 8.37. The van der Waals surface area contributed by atoms with Crippen LogP contribution >= 0.6 is 0 Å². The van der Waals surface area contributed by atoms with Crippen LogP contribution in [0.3, 0.4) is 0 Å². The van der Waals surface area contributed by atoms with Crippen LogP contribution in [0.15, 0.2) is 36.9 Å². The van der Waals surface area contributed by atoms with E-state index in [1.54, 1.807) is 6.08 Å². The van der Waals surface area contributed by atoms with Crippen LogP contribution in [0.25, 0.3) is 0 Å². The molecule has 0 radical (unpaired) electrons. The second-order valence-electron chi connectivity index (χ2n) is 5.55. The maximum Gasteiger partial charge on any atom is 0.119 e. The normalized spacial score (nSPS) is 19.7. The second kappa shape index (κ2) is 6.76. The van der Waals surface area contributed by atoms with Gasteiger partial charge in [0.1, 0.15) is 5.75 Å². The zero-order valence-corrected chi connectivity index (χ0v) is 11.8. The van der Waals surface area contributed by atoms with Crippen molar-refractivity contribution in [1.82, 2.24) is 0 Å². The number of nitrogens with two attached hydrogens (primary N) is 1. The van der Waals surface area contributed by atoms with Crippen molar-refractivity contribution in [3.8, 4) is 5.75 Å². The zero-order valence-electron chi connectivity index (χ0n) is 11.8. The van der Waals surface area contributed by atoms with E-state index in [0.717, 1.165) is 5.75 Å². The first-order chi connectivity index (χ1) is 9.20. The molecule has 0 spiro atoms. The van der Waals surface area contributed by atoms with E-state index in [2.05, 4.69) is 37.8 Å². The Bertz CT molecular complexity index is 392. The Balaban J connectivity index is 1.95. The fraction of sp³-hybridized carbons (Fsp3) is 0.529. The molecule has 0 bridgehead atoms. The Morgan fingerprint density at radius 3 is 2.42 bits per heavy atom. The molecule has 0 heterocycles. The molecule has 2 rings (SSSR count). The van der Waals surface area contributed by atoms with Gasteiger partial charge in [-0.3, -0.25) is 0 Å². The van der Waals surface area contributed by atoms with Gasteiger partial charge in [0.05, 0.1) is 6.10 Å². The molecule has 0 aromatic heterocycles. The molecule has 0 aliphatic heterocycles. The van der Waals surface area contributed by atoms with Crippen molar-refractivity contribution < 1.29 is 4.74 Å². The highest BCUT2D eigenvalue weighted by molar-refractivity contribution is 5.30. The van der Waals surface area contributed by atoms with Crippen LogP contribution in [0.2, 0.25) is 0 Å². The quantitative estimate of drug-likeness (QED) is 0.811. The van der Waals surface area contributed by atoms with Crippen LogP contribution in [0.5, 0.6) is 5.75 Å². The molecule has 19 heavy (non-hydrogen) atoms. The van der Waals surface area contributed by atoms with E-state index in [-0.39, 0.29) is 6.04 Å². The second-order valence-corrected chi connectivity index (χ2v) is 5.55. The van der Waals surface area contributed by atoms with Gasteiger partial charge in [0.2, 0.25) is 0 Å². The van der Waals surface area contributed by atoms with E-state index in [1.807, 2.05) is 0 Å². The molecule has 2 heteroatoms. The summed E-state index contributed by atoms with van der Waals surface area (Å²) < 4.78 is 6.03. The monoisotopic (exact) mass is 259 g/mol. The lowest BCUT2D eigenvalue weighted by Crippen LogP contribution is -2.23. The van der Waals surface area contributed by atoms with Gasteiger partial charge in [-0.15, -0.1) is 6.58 Å². The maximum absolute atomic E-state index is 6.03. The van der Waals surface area contributed by atoms with Gasteiger partial charge in [-0.05, 0) is 49.3 Å². The SMILES string of the molecule is C=CC(N)C(C)c1ccc(OC2CCCCC2)cc1. The molecule has 1 fully saturated rings. The van der Waals surface area contributed by atoms with E-state index in [4.69, 9.17) is 10.5 Å². The minimum absolute atomic E-state index is 0.00473. The van der Waals surface area contributed by atoms with Crippen molar-refractivity contribution in [1.29, 1.82) is 0 Å². The van der Waals surface area contributed by atoms with Crippen LogP contribution in [0, 0.1) is 0 Å². The zero-order chi connectivity index (χ0) is 13.7. The lowest BCUT2D eigenvalue weighted by atomic mass is 9.94. The van der Waals surface area contributed by atoms with Crippen LogP contribution < -0.4 is 10.5 Å². The third-order valence-electron chi connectivity index (χ3n) is 4.11. The molecule has 2 unspecified atom stereocenters. The van der Waals surface area contributed by atoms with Crippen molar-refractivity contribution in [2.45, 2.75) is 57.1 Å². The van der Waals surface area contributed by atoms with Crippen molar-refractivity contribution >= 4 is 0 Å². The molecule has 1 aliphatic rings. The summed E-state index contributed by atoms with van der Waals surface area (Å²) in [7, 11) is 0. The number of hydrogen-bond donors (Lipinski definition) is 1. The van der Waals surface area contributed by atoms with Gasteiger partial charge >= 0.3 is 0 Å². The smallest absolute Gasteiger partial charge is 0.119 e. The minimum atomic E-state index is 0.00473. The molecule has 104 valence electrons. The molecule has 0 amide bonds. The van der Waals surface area contributed by atoms with Crippen molar-refractivity contribution in [3.05, 3.63) is 42.5 Å². The van der Waals surface area contributed by atoms with Gasteiger partial charge in [-0.2, -0.15) is 0 Å². The molecular weight excluding hydrogens is 234 g/mol. The van der Waals surface area contributed by atoms with Gasteiger partial charge in [0, 0.05) is 6.04 Å². The molecule has 1 aliphatic carbocycles. The molecule has 2 atom stereocenters. The van der Waals surface area contributed by atoms with E-state index in [9.17, 15) is 0 Å². The number of hydrogen-bond acceptors (Lipinski definition) is 2. The van der Waals surface area contributed by atoms with Crippen molar-refractivity contribution in [2.75, 3.05) is 0 Å². The molecule has 2 nitrogen and oxygen atoms in total. The maximum atomic E-state index is 6.03. The molecule has 0 saturated heterocycles. The Hall–Kier alpha value is -1.28. The average Bonchev–Trinajstić information content (AvgIpc) is 2.47. The third-order valence-corrected chi connectivity index (χ3v) is 4.11. The fourth-order valence-electron chi connectivity index (χ4n) is 2.65. The van der Waals surface area contributed by atoms with Gasteiger partial charge in [-0.1, -0.05) is 31.6 Å². The van der Waals surface area contributed by atoms with E-state index < -0.39 is 0 Å². The summed E-state index contributed by atoms with van der Waals surface area (Å²) in [6.07, 6.45) is 8.56. The fourth-order valence-corrected chi connectivity index (χ4v) is 2.65. The first-order valence-corrected chi connectivity index (χ1v) is 7.35. The minimum Gasteiger partial charge on any atom is -0.490 e. The van der Waals surface area contributed by atoms with Gasteiger partial charge in [0.15, 0.2) is 0 Å². The van der Waals surface area contributed by atoms with Crippen molar-refractivity contribution in [3.63, 3.8) is 0 Å². The summed E-state index contributed by atoms with van der Waals surface area (Å²) in [6.45, 7) is 5.88. The summed E-state index contributed by atoms with van der Waals surface area (Å²) in [5.41, 5.74) is 7.23. The predicted octanol–water partition coefficient (Wildman–Crippen LogP) is 4.01. The van der Waals surface area contributed by atoms with Crippen LogP contribution in [-0.4, -0.2) is 12.1 Å². The topological polar surface area (TPSA) is 35.2 Å². The predicted molar refractivity (Wildman–Crippen MR) is 80.5 cm³/mol. The van der Waals surface area contributed by atoms with Crippen molar-refractivity contribution in [2.24, 2.45) is 5.73 Å². The van der Waals surface area contributed by atoms with E-state index in [1.165, 1.54) is 37.7 Å². The number of ether oxygens (including phenoxy) is 1. The lowest BCUT2D eigenvalue weighted by molar-refractivity contribution is 0.155. The Labute approximate surface area is 116 Å². The first-order valence-electron chi connectivity index (χ1n) is 7.35. The summed E-state index contributed by atoms with van der Waals surface area (Å²) in [5.74, 6) is 1.27. The van der Waals surface area contributed by atoms with E-state index >= 15 is 0 Å². The molecular formula is C17H25NO. The van der Waals surface area contributed by atoms with Gasteiger partial charge in [-0.25, -0.2) is 0 Å². The number of benzene rings is 1. The first kappa shape index (κ1) is 14.1. The Morgan fingerprint density at radius 1 is 1.21 bits per heavy atom. The van der Waals surface area contributed by atoms with Crippen LogP contribution in [0.4, 0.5) is 0 Å². The summed E-state index contributed by atoms with van der Waals surface area (Å²) in [4.78, 5) is 0. The Kier molecular flexibility index (Phi) is 5.03. The largest absolute Gasteiger partial charge is 0.490 e. The highest BCUT2D eigenvalue weighted by Crippen LogP contribution is 2.25. The molecule has 1 aromatic rings. The third kappa shape index (κ3) is 3.84. The molecule has 1 aromatic carbocycles. The Morgan fingerprint density at radius 2 is 1.84 bits per heavy atom. The summed E-state index contributed by atoms with van der Waals surface area (Å²) >= 11 is 0. The van der Waals surface area contributed by atoms with Gasteiger partial charge in [0.25, 0.3) is 0 Å². The van der Waals surface area contributed by atoms with Crippen LogP contribution in [0.1, 0.15) is 50.5 Å².